The summed E-state index contributed by atoms with van der Waals surface area (Å²) in [5.74, 6) is -1.40. The van der Waals surface area contributed by atoms with E-state index in [9.17, 15) is 19.7 Å². The van der Waals surface area contributed by atoms with Crippen LogP contribution in [-0.2, 0) is 9.53 Å². The number of amides is 2. The van der Waals surface area contributed by atoms with Gasteiger partial charge in [-0.3, -0.25) is 19.7 Å². The van der Waals surface area contributed by atoms with Crippen LogP contribution in [0.4, 0.5) is 5.69 Å². The van der Waals surface area contributed by atoms with Crippen LogP contribution in [0.3, 0.4) is 0 Å². The van der Waals surface area contributed by atoms with Crippen LogP contribution >= 0.6 is 11.6 Å². The van der Waals surface area contributed by atoms with Crippen molar-refractivity contribution in [3.05, 3.63) is 38.9 Å². The van der Waals surface area contributed by atoms with Crippen molar-refractivity contribution in [3.63, 3.8) is 0 Å². The number of nitro groups is 1. The quantitative estimate of drug-likeness (QED) is 0.647. The summed E-state index contributed by atoms with van der Waals surface area (Å²) in [4.78, 5) is 35.4. The summed E-state index contributed by atoms with van der Waals surface area (Å²) in [6.07, 6.45) is 0. The van der Waals surface area contributed by atoms with Gasteiger partial charge in [-0.05, 0) is 12.1 Å². The Labute approximate surface area is 124 Å². The third-order valence-electron chi connectivity index (χ3n) is 3.10. The molecule has 1 saturated heterocycles. The van der Waals surface area contributed by atoms with Gasteiger partial charge in [-0.1, -0.05) is 11.6 Å². The molecule has 2 rings (SSSR count). The van der Waals surface area contributed by atoms with Crippen molar-refractivity contribution in [2.24, 2.45) is 5.73 Å². The predicted octanol–water partition coefficient (Wildman–Crippen LogP) is 0.575. The van der Waals surface area contributed by atoms with E-state index in [-0.39, 0.29) is 36.0 Å². The summed E-state index contributed by atoms with van der Waals surface area (Å²) in [6.45, 7) is 0.315. The maximum Gasteiger partial charge on any atom is 0.282 e. The van der Waals surface area contributed by atoms with Gasteiger partial charge in [-0.2, -0.15) is 0 Å². The fourth-order valence-corrected chi connectivity index (χ4v) is 2.25. The molecule has 1 heterocycles. The van der Waals surface area contributed by atoms with Gasteiger partial charge in [-0.15, -0.1) is 0 Å². The smallest absolute Gasteiger partial charge is 0.282 e. The summed E-state index contributed by atoms with van der Waals surface area (Å²) in [5, 5.41) is 11.2. The minimum absolute atomic E-state index is 0.0323. The van der Waals surface area contributed by atoms with E-state index in [1.807, 2.05) is 0 Å². The second kappa shape index (κ2) is 6.06. The van der Waals surface area contributed by atoms with Gasteiger partial charge in [0.25, 0.3) is 11.6 Å². The molecule has 1 atom stereocenters. The molecule has 8 nitrogen and oxygen atoms in total. The second-order valence-corrected chi connectivity index (χ2v) is 4.85. The Hall–Kier alpha value is -2.19. The van der Waals surface area contributed by atoms with Gasteiger partial charge < -0.3 is 15.4 Å². The largest absolute Gasteiger partial charge is 0.377 e. The molecule has 1 aliphatic heterocycles. The van der Waals surface area contributed by atoms with Crippen molar-refractivity contribution in [2.45, 2.75) is 6.04 Å². The Morgan fingerprint density at radius 2 is 2.19 bits per heavy atom. The Morgan fingerprint density at radius 1 is 1.48 bits per heavy atom. The molecule has 1 unspecified atom stereocenters. The number of morpholine rings is 1. The van der Waals surface area contributed by atoms with Gasteiger partial charge in [0.2, 0.25) is 5.91 Å². The fourth-order valence-electron chi connectivity index (χ4n) is 2.08. The zero-order valence-electron chi connectivity index (χ0n) is 10.8. The van der Waals surface area contributed by atoms with Gasteiger partial charge in [-0.25, -0.2) is 0 Å². The average molecular weight is 314 g/mol. The Morgan fingerprint density at radius 3 is 2.81 bits per heavy atom. The van der Waals surface area contributed by atoms with Gasteiger partial charge >= 0.3 is 0 Å². The molecule has 0 aromatic heterocycles. The zero-order chi connectivity index (χ0) is 15.6. The van der Waals surface area contributed by atoms with Gasteiger partial charge in [0.05, 0.1) is 18.1 Å². The van der Waals surface area contributed by atoms with E-state index in [2.05, 4.69) is 0 Å². The molecule has 0 bridgehead atoms. The lowest BCUT2D eigenvalue weighted by atomic mass is 10.1. The lowest BCUT2D eigenvalue weighted by Crippen LogP contribution is -2.54. The highest BCUT2D eigenvalue weighted by Crippen LogP contribution is 2.25. The summed E-state index contributed by atoms with van der Waals surface area (Å²) >= 11 is 5.79. The number of primary amides is 1. The SMILES string of the molecule is NC(=O)C1COCCN1C(=O)c1cc(Cl)ccc1[N+](=O)[O-]. The van der Waals surface area contributed by atoms with Gasteiger partial charge in [0.15, 0.2) is 0 Å². The molecule has 0 saturated carbocycles. The van der Waals surface area contributed by atoms with Crippen molar-refractivity contribution >= 4 is 29.1 Å². The summed E-state index contributed by atoms with van der Waals surface area (Å²) < 4.78 is 5.11. The Bertz CT molecular complexity index is 607. The summed E-state index contributed by atoms with van der Waals surface area (Å²) in [5.41, 5.74) is 4.67. The number of nitrogens with zero attached hydrogens (tertiary/aromatic N) is 2. The van der Waals surface area contributed by atoms with Crippen molar-refractivity contribution in [3.8, 4) is 0 Å². The number of hydrogen-bond donors (Lipinski definition) is 1. The van der Waals surface area contributed by atoms with E-state index < -0.39 is 22.8 Å². The maximum absolute atomic E-state index is 12.5. The molecule has 1 aromatic carbocycles. The molecule has 1 fully saturated rings. The first-order chi connectivity index (χ1) is 9.91. The number of rotatable bonds is 3. The van der Waals surface area contributed by atoms with E-state index in [0.717, 1.165) is 6.07 Å². The van der Waals surface area contributed by atoms with Gasteiger partial charge in [0, 0.05) is 17.6 Å². The first-order valence-corrected chi connectivity index (χ1v) is 6.41. The van der Waals surface area contributed by atoms with Crippen LogP contribution in [0.25, 0.3) is 0 Å². The van der Waals surface area contributed by atoms with Crippen molar-refractivity contribution in [1.29, 1.82) is 0 Å². The number of ether oxygens (including phenoxy) is 1. The fraction of sp³-hybridized carbons (Fsp3) is 0.333. The molecule has 9 heteroatoms. The second-order valence-electron chi connectivity index (χ2n) is 4.41. The molecular formula is C12H12ClN3O5. The highest BCUT2D eigenvalue weighted by Gasteiger charge is 2.34. The Kier molecular flexibility index (Phi) is 4.39. The highest BCUT2D eigenvalue weighted by atomic mass is 35.5. The zero-order valence-corrected chi connectivity index (χ0v) is 11.6. The Balaban J connectivity index is 2.40. The predicted molar refractivity (Wildman–Crippen MR) is 72.9 cm³/mol. The number of halogens is 1. The molecule has 2 amide bonds. The van der Waals surface area contributed by atoms with E-state index >= 15 is 0 Å². The molecule has 0 spiro atoms. The lowest BCUT2D eigenvalue weighted by molar-refractivity contribution is -0.385. The van der Waals surface area contributed by atoms with Crippen LogP contribution in [0.5, 0.6) is 0 Å². The van der Waals surface area contributed by atoms with E-state index in [1.54, 1.807) is 0 Å². The molecule has 1 aliphatic rings. The van der Waals surface area contributed by atoms with Crippen LogP contribution in [0, 0.1) is 10.1 Å². The van der Waals surface area contributed by atoms with E-state index in [0.29, 0.717) is 0 Å². The van der Waals surface area contributed by atoms with Crippen molar-refractivity contribution in [1.82, 2.24) is 4.90 Å². The number of nitro benzene ring substituents is 1. The van der Waals surface area contributed by atoms with Crippen LogP contribution in [0.2, 0.25) is 5.02 Å². The van der Waals surface area contributed by atoms with Gasteiger partial charge in [0.1, 0.15) is 11.6 Å². The molecule has 2 N–H and O–H groups in total. The minimum atomic E-state index is -0.954. The van der Waals surface area contributed by atoms with E-state index in [1.165, 1.54) is 17.0 Å². The van der Waals surface area contributed by atoms with Crippen molar-refractivity contribution in [2.75, 3.05) is 19.8 Å². The van der Waals surface area contributed by atoms with E-state index in [4.69, 9.17) is 22.1 Å². The minimum Gasteiger partial charge on any atom is -0.377 e. The molecule has 0 radical (unpaired) electrons. The third kappa shape index (κ3) is 3.11. The first kappa shape index (κ1) is 15.2. The molecule has 112 valence electrons. The lowest BCUT2D eigenvalue weighted by Gasteiger charge is -2.33. The van der Waals surface area contributed by atoms with Crippen molar-refractivity contribution < 1.29 is 19.2 Å². The molecular weight excluding hydrogens is 302 g/mol. The third-order valence-corrected chi connectivity index (χ3v) is 3.34. The number of hydrogen-bond acceptors (Lipinski definition) is 5. The number of benzene rings is 1. The number of carbonyl (C=O) groups is 2. The molecule has 21 heavy (non-hydrogen) atoms. The van der Waals surface area contributed by atoms with Crippen LogP contribution in [0.15, 0.2) is 18.2 Å². The topological polar surface area (TPSA) is 116 Å². The monoisotopic (exact) mass is 313 g/mol. The normalized spacial score (nSPS) is 18.3. The number of nitrogens with two attached hydrogens (primary N) is 1. The summed E-state index contributed by atoms with van der Waals surface area (Å²) in [7, 11) is 0. The average Bonchev–Trinajstić information content (AvgIpc) is 2.46. The van der Waals surface area contributed by atoms with Crippen LogP contribution < -0.4 is 5.73 Å². The van der Waals surface area contributed by atoms with Crippen LogP contribution in [-0.4, -0.2) is 47.4 Å². The number of carbonyl (C=O) groups excluding carboxylic acids is 2. The van der Waals surface area contributed by atoms with Crippen LogP contribution in [0.1, 0.15) is 10.4 Å². The first-order valence-electron chi connectivity index (χ1n) is 6.04. The molecule has 0 aliphatic carbocycles. The highest BCUT2D eigenvalue weighted by molar-refractivity contribution is 6.31. The summed E-state index contributed by atoms with van der Waals surface area (Å²) in [6, 6.07) is 2.72. The molecule has 1 aromatic rings. The maximum atomic E-state index is 12.5. The standard InChI is InChI=1S/C12H12ClN3O5/c13-7-1-2-9(16(19)20)8(5-7)12(18)15-3-4-21-6-10(15)11(14)17/h1-2,5,10H,3-4,6H2,(H2,14,17).